The van der Waals surface area contributed by atoms with Crippen LogP contribution in [0, 0.1) is 5.82 Å². The molecule has 0 heterocycles. The zero-order valence-corrected chi connectivity index (χ0v) is 12.5. The van der Waals surface area contributed by atoms with E-state index in [-0.39, 0.29) is 18.1 Å². The molecule has 0 radical (unpaired) electrons. The minimum atomic E-state index is -2.87. The van der Waals surface area contributed by atoms with E-state index < -0.39 is 12.4 Å². The van der Waals surface area contributed by atoms with Crippen LogP contribution in [-0.2, 0) is 17.8 Å². The lowest BCUT2D eigenvalue weighted by Gasteiger charge is -2.18. The topological polar surface area (TPSA) is 29.5 Å². The van der Waals surface area contributed by atoms with Gasteiger partial charge in [0.25, 0.3) is 0 Å². The quantitative estimate of drug-likeness (QED) is 0.812. The first kappa shape index (κ1) is 16.9. The summed E-state index contributed by atoms with van der Waals surface area (Å²) in [5.41, 5.74) is 1.10. The first-order chi connectivity index (χ1) is 11.0. The molecule has 0 saturated carbocycles. The Morgan fingerprint density at radius 1 is 1.13 bits per heavy atom. The van der Waals surface area contributed by atoms with Crippen LogP contribution in [0.25, 0.3) is 0 Å². The normalized spacial score (nSPS) is 10.7. The van der Waals surface area contributed by atoms with Gasteiger partial charge in [-0.25, -0.2) is 4.39 Å². The van der Waals surface area contributed by atoms with E-state index >= 15 is 0 Å². The van der Waals surface area contributed by atoms with Gasteiger partial charge in [-0.1, -0.05) is 30.3 Å². The summed E-state index contributed by atoms with van der Waals surface area (Å²) in [6, 6.07) is 12.1. The molecular formula is C17H16F3NO2. The van der Waals surface area contributed by atoms with E-state index in [9.17, 15) is 18.0 Å². The SMILES string of the molecule is CN(Cc1ccc(OC(F)F)cc1)C(=O)Cc1ccccc1F. The van der Waals surface area contributed by atoms with Crippen molar-refractivity contribution in [2.24, 2.45) is 0 Å². The van der Waals surface area contributed by atoms with Gasteiger partial charge >= 0.3 is 6.61 Å². The van der Waals surface area contributed by atoms with Crippen LogP contribution in [0.15, 0.2) is 48.5 Å². The van der Waals surface area contributed by atoms with Gasteiger partial charge in [-0.2, -0.15) is 8.78 Å². The number of benzene rings is 2. The predicted molar refractivity (Wildman–Crippen MR) is 79.7 cm³/mol. The molecule has 2 rings (SSSR count). The maximum absolute atomic E-state index is 13.5. The first-order valence-electron chi connectivity index (χ1n) is 6.97. The summed E-state index contributed by atoms with van der Waals surface area (Å²) >= 11 is 0. The molecule has 6 heteroatoms. The zero-order valence-electron chi connectivity index (χ0n) is 12.5. The van der Waals surface area contributed by atoms with Crippen LogP contribution in [0.4, 0.5) is 13.2 Å². The Hall–Kier alpha value is -2.50. The second kappa shape index (κ2) is 7.67. The number of halogens is 3. The summed E-state index contributed by atoms with van der Waals surface area (Å²) < 4.78 is 41.9. The average molecular weight is 323 g/mol. The summed E-state index contributed by atoms with van der Waals surface area (Å²) in [6.07, 6.45) is -0.0320. The van der Waals surface area contributed by atoms with E-state index in [0.717, 1.165) is 5.56 Å². The first-order valence-corrected chi connectivity index (χ1v) is 6.97. The van der Waals surface area contributed by atoms with Crippen LogP contribution in [-0.4, -0.2) is 24.5 Å². The number of carbonyl (C=O) groups excluding carboxylic acids is 1. The van der Waals surface area contributed by atoms with E-state index in [1.165, 1.54) is 23.1 Å². The maximum atomic E-state index is 13.5. The van der Waals surface area contributed by atoms with Crippen molar-refractivity contribution in [2.45, 2.75) is 19.6 Å². The van der Waals surface area contributed by atoms with Crippen LogP contribution >= 0.6 is 0 Å². The summed E-state index contributed by atoms with van der Waals surface area (Å²) in [6.45, 7) is -2.58. The fourth-order valence-electron chi connectivity index (χ4n) is 2.08. The van der Waals surface area contributed by atoms with E-state index in [0.29, 0.717) is 12.1 Å². The lowest BCUT2D eigenvalue weighted by Crippen LogP contribution is -2.28. The summed E-state index contributed by atoms with van der Waals surface area (Å²) in [5.74, 6) is -0.588. The third-order valence-corrected chi connectivity index (χ3v) is 3.29. The molecule has 0 N–H and O–H groups in total. The van der Waals surface area contributed by atoms with Crippen molar-refractivity contribution in [1.29, 1.82) is 0 Å². The van der Waals surface area contributed by atoms with E-state index in [1.807, 2.05) is 0 Å². The van der Waals surface area contributed by atoms with Gasteiger partial charge < -0.3 is 9.64 Å². The number of hydrogen-bond acceptors (Lipinski definition) is 2. The lowest BCUT2D eigenvalue weighted by atomic mass is 10.1. The molecular weight excluding hydrogens is 307 g/mol. The van der Waals surface area contributed by atoms with Gasteiger partial charge in [0.15, 0.2) is 0 Å². The molecule has 0 aromatic heterocycles. The highest BCUT2D eigenvalue weighted by Crippen LogP contribution is 2.16. The molecule has 0 spiro atoms. The molecule has 0 bridgehead atoms. The highest BCUT2D eigenvalue weighted by Gasteiger charge is 2.13. The molecule has 0 fully saturated rings. The minimum Gasteiger partial charge on any atom is -0.435 e. The smallest absolute Gasteiger partial charge is 0.387 e. The van der Waals surface area contributed by atoms with Gasteiger partial charge in [0, 0.05) is 13.6 Å². The molecule has 1 amide bonds. The molecule has 3 nitrogen and oxygen atoms in total. The Morgan fingerprint density at radius 2 is 1.78 bits per heavy atom. The number of hydrogen-bond donors (Lipinski definition) is 0. The molecule has 0 aliphatic carbocycles. The number of carbonyl (C=O) groups is 1. The van der Waals surface area contributed by atoms with E-state index in [2.05, 4.69) is 4.74 Å². The lowest BCUT2D eigenvalue weighted by molar-refractivity contribution is -0.129. The Kier molecular flexibility index (Phi) is 5.62. The second-order valence-electron chi connectivity index (χ2n) is 5.04. The third-order valence-electron chi connectivity index (χ3n) is 3.29. The summed E-state index contributed by atoms with van der Waals surface area (Å²) in [4.78, 5) is 13.6. The van der Waals surface area contributed by atoms with Crippen molar-refractivity contribution in [1.82, 2.24) is 4.90 Å². The van der Waals surface area contributed by atoms with Gasteiger partial charge in [0.1, 0.15) is 11.6 Å². The molecule has 2 aromatic carbocycles. The number of likely N-dealkylation sites (N-methyl/N-ethyl adjacent to an activating group) is 1. The van der Waals surface area contributed by atoms with Gasteiger partial charge in [0.2, 0.25) is 5.91 Å². The Balaban J connectivity index is 1.94. The molecule has 0 atom stereocenters. The average Bonchev–Trinajstić information content (AvgIpc) is 2.51. The van der Waals surface area contributed by atoms with Crippen molar-refractivity contribution in [2.75, 3.05) is 7.05 Å². The Morgan fingerprint density at radius 3 is 2.39 bits per heavy atom. The summed E-state index contributed by atoms with van der Waals surface area (Å²) in [5, 5.41) is 0. The maximum Gasteiger partial charge on any atom is 0.387 e. The number of rotatable bonds is 6. The Bertz CT molecular complexity index is 659. The third kappa shape index (κ3) is 5.02. The zero-order chi connectivity index (χ0) is 16.8. The summed E-state index contributed by atoms with van der Waals surface area (Å²) in [7, 11) is 1.60. The fourth-order valence-corrected chi connectivity index (χ4v) is 2.08. The van der Waals surface area contributed by atoms with Crippen molar-refractivity contribution < 1.29 is 22.7 Å². The highest BCUT2D eigenvalue weighted by molar-refractivity contribution is 5.78. The number of nitrogens with zero attached hydrogens (tertiary/aromatic N) is 1. The van der Waals surface area contributed by atoms with Gasteiger partial charge in [-0.05, 0) is 29.3 Å². The van der Waals surface area contributed by atoms with Gasteiger partial charge in [-0.15, -0.1) is 0 Å². The Labute approximate surface area is 132 Å². The monoisotopic (exact) mass is 323 g/mol. The molecule has 0 aliphatic heterocycles. The predicted octanol–water partition coefficient (Wildman–Crippen LogP) is 3.63. The molecule has 122 valence electrons. The second-order valence-corrected chi connectivity index (χ2v) is 5.04. The van der Waals surface area contributed by atoms with E-state index in [1.54, 1.807) is 37.4 Å². The molecule has 0 unspecified atom stereocenters. The van der Waals surface area contributed by atoms with Gasteiger partial charge in [0.05, 0.1) is 6.42 Å². The molecule has 0 saturated heterocycles. The van der Waals surface area contributed by atoms with E-state index in [4.69, 9.17) is 0 Å². The molecule has 23 heavy (non-hydrogen) atoms. The van der Waals surface area contributed by atoms with Gasteiger partial charge in [-0.3, -0.25) is 4.79 Å². The number of ether oxygens (including phenoxy) is 1. The standard InChI is InChI=1S/C17H16F3NO2/c1-21(16(22)10-13-4-2-3-5-15(13)18)11-12-6-8-14(9-7-12)23-17(19)20/h2-9,17H,10-11H2,1H3. The minimum absolute atomic E-state index is 0.0320. The number of alkyl halides is 2. The van der Waals surface area contributed by atoms with Crippen molar-refractivity contribution in [3.05, 3.63) is 65.5 Å². The van der Waals surface area contributed by atoms with Crippen molar-refractivity contribution in [3.8, 4) is 5.75 Å². The van der Waals surface area contributed by atoms with Crippen LogP contribution in [0.5, 0.6) is 5.75 Å². The van der Waals surface area contributed by atoms with Crippen LogP contribution < -0.4 is 4.74 Å². The van der Waals surface area contributed by atoms with Crippen molar-refractivity contribution >= 4 is 5.91 Å². The largest absolute Gasteiger partial charge is 0.435 e. The van der Waals surface area contributed by atoms with Crippen LogP contribution in [0.1, 0.15) is 11.1 Å². The van der Waals surface area contributed by atoms with Crippen LogP contribution in [0.3, 0.4) is 0 Å². The van der Waals surface area contributed by atoms with Crippen molar-refractivity contribution in [3.63, 3.8) is 0 Å². The fraction of sp³-hybridized carbons (Fsp3) is 0.235. The number of amides is 1. The molecule has 0 aliphatic rings. The highest BCUT2D eigenvalue weighted by atomic mass is 19.3. The van der Waals surface area contributed by atoms with Crippen LogP contribution in [0.2, 0.25) is 0 Å². The molecule has 2 aromatic rings.